The molecule has 2 aromatic heterocycles. The highest BCUT2D eigenvalue weighted by Gasteiger charge is 2.44. The first-order valence-corrected chi connectivity index (χ1v) is 11.4. The smallest absolute Gasteiger partial charge is 0.227 e. The molecule has 0 bridgehead atoms. The van der Waals surface area contributed by atoms with Gasteiger partial charge in [0, 0.05) is 38.3 Å². The van der Waals surface area contributed by atoms with Crippen LogP contribution in [0.2, 0.25) is 0 Å². The highest BCUT2D eigenvalue weighted by molar-refractivity contribution is 5.46. The van der Waals surface area contributed by atoms with Gasteiger partial charge in [0.05, 0.1) is 37.3 Å². The van der Waals surface area contributed by atoms with E-state index in [1.807, 2.05) is 15.8 Å². The van der Waals surface area contributed by atoms with Crippen molar-refractivity contribution in [2.45, 2.75) is 43.7 Å². The van der Waals surface area contributed by atoms with Crippen LogP contribution in [0, 0.1) is 17.7 Å². The standard InChI is InChI=1S/C21H28FN7O2/c22-16-9-23-21(24-20(16)27-3-5-31-6-4-27)28-10-14-7-18(19(30)8-15(14)11-28)29-12-17(25-26-29)13-1-2-13/h9,12-15,18-19,30H,1-8,10-11H2/t14-,15+,18-,19-/m1/s1. The summed E-state index contributed by atoms with van der Waals surface area (Å²) in [5, 5.41) is 19.5. The number of nitrogens with zero attached hydrogens (tertiary/aromatic N) is 7. The Kier molecular flexibility index (Phi) is 4.79. The van der Waals surface area contributed by atoms with E-state index in [1.165, 1.54) is 19.0 Å². The van der Waals surface area contributed by atoms with E-state index in [-0.39, 0.29) is 6.04 Å². The van der Waals surface area contributed by atoms with Gasteiger partial charge in [-0.05, 0) is 37.5 Å². The predicted octanol–water partition coefficient (Wildman–Crippen LogP) is 1.37. The van der Waals surface area contributed by atoms with Crippen LogP contribution in [-0.4, -0.2) is 75.6 Å². The Morgan fingerprint density at radius 1 is 1.06 bits per heavy atom. The molecule has 2 saturated carbocycles. The molecule has 0 amide bonds. The average molecular weight is 430 g/mol. The van der Waals surface area contributed by atoms with Crippen molar-refractivity contribution in [2.75, 3.05) is 49.2 Å². The molecule has 0 unspecified atom stereocenters. The first-order chi connectivity index (χ1) is 15.2. The highest BCUT2D eigenvalue weighted by atomic mass is 19.1. The number of anilines is 2. The summed E-state index contributed by atoms with van der Waals surface area (Å²) < 4.78 is 21.7. The zero-order chi connectivity index (χ0) is 20.9. The van der Waals surface area contributed by atoms with Gasteiger partial charge in [0.15, 0.2) is 11.6 Å². The molecule has 2 aliphatic heterocycles. The summed E-state index contributed by atoms with van der Waals surface area (Å²) in [5.41, 5.74) is 1.05. The maximum absolute atomic E-state index is 14.4. The number of morpholine rings is 1. The van der Waals surface area contributed by atoms with Gasteiger partial charge in [-0.1, -0.05) is 5.21 Å². The molecular weight excluding hydrogens is 401 g/mol. The van der Waals surface area contributed by atoms with Crippen molar-refractivity contribution >= 4 is 11.8 Å². The molecule has 0 spiro atoms. The van der Waals surface area contributed by atoms with Crippen LogP contribution >= 0.6 is 0 Å². The second-order valence-electron chi connectivity index (χ2n) is 9.37. The van der Waals surface area contributed by atoms with E-state index in [4.69, 9.17) is 4.74 Å². The molecule has 4 atom stereocenters. The maximum atomic E-state index is 14.4. The Morgan fingerprint density at radius 3 is 2.61 bits per heavy atom. The Bertz CT molecular complexity index is 946. The summed E-state index contributed by atoms with van der Waals surface area (Å²) in [6, 6.07) is -0.0424. The molecular formula is C21H28FN7O2. The molecule has 31 heavy (non-hydrogen) atoms. The lowest BCUT2D eigenvalue weighted by molar-refractivity contribution is 0.0298. The molecule has 4 fully saturated rings. The normalized spacial score (nSPS) is 31.2. The van der Waals surface area contributed by atoms with Gasteiger partial charge in [-0.25, -0.2) is 14.1 Å². The maximum Gasteiger partial charge on any atom is 0.227 e. The number of hydrogen-bond acceptors (Lipinski definition) is 8. The highest BCUT2D eigenvalue weighted by Crippen LogP contribution is 2.43. The van der Waals surface area contributed by atoms with Crippen molar-refractivity contribution in [2.24, 2.45) is 11.8 Å². The predicted molar refractivity (Wildman–Crippen MR) is 110 cm³/mol. The summed E-state index contributed by atoms with van der Waals surface area (Å²) in [4.78, 5) is 12.9. The topological polar surface area (TPSA) is 92.4 Å². The zero-order valence-electron chi connectivity index (χ0n) is 17.5. The van der Waals surface area contributed by atoms with E-state index in [0.717, 1.165) is 31.6 Å². The molecule has 4 heterocycles. The van der Waals surface area contributed by atoms with E-state index < -0.39 is 11.9 Å². The average Bonchev–Trinajstić information content (AvgIpc) is 3.37. The van der Waals surface area contributed by atoms with Crippen molar-refractivity contribution in [3.05, 3.63) is 23.9 Å². The van der Waals surface area contributed by atoms with Crippen molar-refractivity contribution < 1.29 is 14.2 Å². The molecule has 0 radical (unpaired) electrons. The largest absolute Gasteiger partial charge is 0.391 e. The molecule has 2 aromatic rings. The van der Waals surface area contributed by atoms with Crippen molar-refractivity contribution in [3.63, 3.8) is 0 Å². The minimum Gasteiger partial charge on any atom is -0.391 e. The zero-order valence-corrected chi connectivity index (χ0v) is 17.5. The Morgan fingerprint density at radius 2 is 1.84 bits per heavy atom. The second kappa shape index (κ2) is 7.67. The summed E-state index contributed by atoms with van der Waals surface area (Å²) in [6.45, 7) is 4.02. The van der Waals surface area contributed by atoms with Crippen LogP contribution in [0.3, 0.4) is 0 Å². The molecule has 2 aliphatic carbocycles. The summed E-state index contributed by atoms with van der Waals surface area (Å²) in [6.07, 6.45) is 6.83. The number of aliphatic hydroxyl groups excluding tert-OH is 1. The van der Waals surface area contributed by atoms with E-state index in [9.17, 15) is 9.50 Å². The summed E-state index contributed by atoms with van der Waals surface area (Å²) in [5.74, 6) is 1.88. The fourth-order valence-electron chi connectivity index (χ4n) is 5.37. The number of rotatable bonds is 4. The lowest BCUT2D eigenvalue weighted by Crippen LogP contribution is -2.37. The number of ether oxygens (including phenoxy) is 1. The molecule has 10 heteroatoms. The Hall–Kier alpha value is -2.33. The quantitative estimate of drug-likeness (QED) is 0.779. The van der Waals surface area contributed by atoms with Crippen LogP contribution in [-0.2, 0) is 4.74 Å². The van der Waals surface area contributed by atoms with Crippen molar-refractivity contribution in [3.8, 4) is 0 Å². The minimum absolute atomic E-state index is 0.0424. The van der Waals surface area contributed by atoms with E-state index in [0.29, 0.717) is 55.8 Å². The first kappa shape index (κ1) is 19.4. The van der Waals surface area contributed by atoms with E-state index in [1.54, 1.807) is 0 Å². The van der Waals surface area contributed by atoms with Crippen LogP contribution in [0.1, 0.15) is 43.3 Å². The molecule has 1 N–H and O–H groups in total. The Labute approximate surface area is 180 Å². The van der Waals surface area contributed by atoms with Gasteiger partial charge in [0.25, 0.3) is 0 Å². The van der Waals surface area contributed by atoms with Crippen LogP contribution in [0.25, 0.3) is 0 Å². The van der Waals surface area contributed by atoms with E-state index in [2.05, 4.69) is 25.2 Å². The monoisotopic (exact) mass is 429 g/mol. The molecule has 4 aliphatic rings. The van der Waals surface area contributed by atoms with Crippen LogP contribution < -0.4 is 9.80 Å². The van der Waals surface area contributed by atoms with E-state index >= 15 is 0 Å². The first-order valence-electron chi connectivity index (χ1n) is 11.4. The third-order valence-corrected chi connectivity index (χ3v) is 7.28. The molecule has 2 saturated heterocycles. The van der Waals surface area contributed by atoms with Gasteiger partial charge >= 0.3 is 0 Å². The summed E-state index contributed by atoms with van der Waals surface area (Å²) in [7, 11) is 0. The van der Waals surface area contributed by atoms with Crippen LogP contribution in [0.4, 0.5) is 16.2 Å². The second-order valence-corrected chi connectivity index (χ2v) is 9.37. The molecule has 9 nitrogen and oxygen atoms in total. The van der Waals surface area contributed by atoms with Gasteiger partial charge in [-0.15, -0.1) is 5.10 Å². The fourth-order valence-corrected chi connectivity index (χ4v) is 5.37. The van der Waals surface area contributed by atoms with Gasteiger partial charge in [0.2, 0.25) is 5.95 Å². The van der Waals surface area contributed by atoms with Crippen LogP contribution in [0.15, 0.2) is 12.4 Å². The van der Waals surface area contributed by atoms with Crippen molar-refractivity contribution in [1.29, 1.82) is 0 Å². The van der Waals surface area contributed by atoms with Gasteiger partial charge in [-0.2, -0.15) is 4.98 Å². The SMILES string of the molecule is O[C@@H]1C[C@H]2CN(c3ncc(F)c(N4CCOCC4)n3)C[C@H]2C[C@H]1n1cc(C2CC2)nn1. The number of fused-ring (bicyclic) bond motifs is 1. The lowest BCUT2D eigenvalue weighted by Gasteiger charge is -2.34. The molecule has 166 valence electrons. The fraction of sp³-hybridized carbons (Fsp3) is 0.714. The number of aliphatic hydroxyl groups is 1. The van der Waals surface area contributed by atoms with Gasteiger partial charge in [-0.3, -0.25) is 0 Å². The Balaban J connectivity index is 1.18. The number of hydrogen-bond donors (Lipinski definition) is 1. The summed E-state index contributed by atoms with van der Waals surface area (Å²) >= 11 is 0. The molecule has 6 rings (SSSR count). The number of aromatic nitrogens is 5. The van der Waals surface area contributed by atoms with Gasteiger partial charge < -0.3 is 19.6 Å². The van der Waals surface area contributed by atoms with Crippen molar-refractivity contribution in [1.82, 2.24) is 25.0 Å². The third-order valence-electron chi connectivity index (χ3n) is 7.28. The lowest BCUT2D eigenvalue weighted by atomic mass is 9.77. The molecule has 0 aromatic carbocycles. The van der Waals surface area contributed by atoms with Crippen LogP contribution in [0.5, 0.6) is 0 Å². The minimum atomic E-state index is -0.437. The number of halogens is 1. The third kappa shape index (κ3) is 3.65. The van der Waals surface area contributed by atoms with Gasteiger partial charge in [0.1, 0.15) is 0 Å².